The zero-order chi connectivity index (χ0) is 31.1. The number of nitrogens with zero attached hydrogens (tertiary/aromatic N) is 2. The lowest BCUT2D eigenvalue weighted by Gasteiger charge is -2.33. The van der Waals surface area contributed by atoms with Crippen molar-refractivity contribution in [3.8, 4) is 0 Å². The first-order chi connectivity index (χ1) is 18.9. The van der Waals surface area contributed by atoms with Gasteiger partial charge in [0.1, 0.15) is 24.8 Å². The van der Waals surface area contributed by atoms with Crippen LogP contribution in [0.4, 0.5) is 43.9 Å². The average molecular weight is 626 g/mol. The Bertz CT molecular complexity index is 1080. The number of unbranched alkanes of at least 4 members (excludes halogenated alkanes) is 8. The molecular weight excluding hydrogens is 590 g/mol. The summed E-state index contributed by atoms with van der Waals surface area (Å²) in [5, 5.41) is 0.366. The summed E-state index contributed by atoms with van der Waals surface area (Å²) in [4.78, 5) is 0. The van der Waals surface area contributed by atoms with Crippen molar-refractivity contribution in [2.45, 2.75) is 121 Å². The number of imidazole rings is 1. The van der Waals surface area contributed by atoms with Gasteiger partial charge in [0.2, 0.25) is 0 Å². The zero-order valence-corrected chi connectivity index (χ0v) is 23.8. The molecule has 1 aromatic heterocycles. The smallest absolute Gasteiger partial charge is 0.234 e. The van der Waals surface area contributed by atoms with E-state index in [0.717, 1.165) is 44.5 Å². The monoisotopic (exact) mass is 625 g/mol. The Balaban J connectivity index is 1.68. The predicted octanol–water partition coefficient (Wildman–Crippen LogP) is 10.1. The predicted molar refractivity (Wildman–Crippen MR) is 136 cm³/mol. The minimum atomic E-state index is -6.82. The van der Waals surface area contributed by atoms with E-state index in [-0.39, 0.29) is 18.2 Å². The lowest BCUT2D eigenvalue weighted by atomic mass is 9.97. The Morgan fingerprint density at radius 2 is 1.32 bits per heavy atom. The highest BCUT2D eigenvalue weighted by Crippen LogP contribution is 2.54. The lowest BCUT2D eigenvalue weighted by molar-refractivity contribution is -0.696. The van der Waals surface area contributed by atoms with Crippen LogP contribution in [0.1, 0.15) is 95.4 Å². The SMILES string of the molecule is CC(C)c1n(CCCCCCCCCCCC(F)(F)C(F)(F)C(F)(F)C(F)(F)F)cc[n+]1Cc1c(F)cccc1Cl. The molecule has 41 heavy (non-hydrogen) atoms. The van der Waals surface area contributed by atoms with Gasteiger partial charge in [-0.1, -0.05) is 70.0 Å². The summed E-state index contributed by atoms with van der Waals surface area (Å²) >= 11 is 6.18. The molecule has 1 heterocycles. The van der Waals surface area contributed by atoms with Crippen LogP contribution in [0.25, 0.3) is 0 Å². The molecule has 0 aliphatic carbocycles. The number of benzene rings is 1. The molecule has 1 aromatic carbocycles. The van der Waals surface area contributed by atoms with Crippen molar-refractivity contribution < 1.29 is 48.5 Å². The molecule has 0 aliphatic rings. The average Bonchev–Trinajstić information content (AvgIpc) is 3.26. The van der Waals surface area contributed by atoms with Crippen molar-refractivity contribution in [3.63, 3.8) is 0 Å². The maximum atomic E-state index is 14.3. The zero-order valence-electron chi connectivity index (χ0n) is 23.0. The highest BCUT2D eigenvalue weighted by molar-refractivity contribution is 6.31. The van der Waals surface area contributed by atoms with Crippen LogP contribution in [-0.2, 0) is 13.1 Å². The van der Waals surface area contributed by atoms with E-state index < -0.39 is 36.8 Å². The van der Waals surface area contributed by atoms with E-state index in [1.807, 2.05) is 17.0 Å². The van der Waals surface area contributed by atoms with Gasteiger partial charge in [0.15, 0.2) is 0 Å². The van der Waals surface area contributed by atoms with E-state index >= 15 is 0 Å². The second-order valence-corrected chi connectivity index (χ2v) is 11.0. The topological polar surface area (TPSA) is 8.81 Å². The molecule has 0 saturated heterocycles. The maximum Gasteiger partial charge on any atom is 0.460 e. The van der Waals surface area contributed by atoms with Gasteiger partial charge in [-0.25, -0.2) is 13.5 Å². The molecule has 0 bridgehead atoms. The summed E-state index contributed by atoms with van der Waals surface area (Å²) in [5.41, 5.74) is 0.425. The fourth-order valence-electron chi connectivity index (χ4n) is 4.75. The summed E-state index contributed by atoms with van der Waals surface area (Å²) in [6, 6.07) is 4.59. The molecule has 13 heteroatoms. The Hall–Kier alpha value is -1.98. The van der Waals surface area contributed by atoms with Gasteiger partial charge >= 0.3 is 23.9 Å². The Morgan fingerprint density at radius 1 is 0.780 bits per heavy atom. The number of aryl methyl sites for hydroxylation is 1. The van der Waals surface area contributed by atoms with Crippen LogP contribution >= 0.6 is 11.6 Å². The first-order valence-corrected chi connectivity index (χ1v) is 14.0. The molecule has 2 aromatic rings. The van der Waals surface area contributed by atoms with E-state index in [4.69, 9.17) is 11.6 Å². The van der Waals surface area contributed by atoms with Crippen LogP contribution in [0.15, 0.2) is 30.6 Å². The molecule has 2 nitrogen and oxygen atoms in total. The second kappa shape index (κ2) is 14.5. The van der Waals surface area contributed by atoms with E-state index in [2.05, 4.69) is 18.4 Å². The Labute approximate surface area is 238 Å². The minimum Gasteiger partial charge on any atom is -0.234 e. The summed E-state index contributed by atoms with van der Waals surface area (Å²) in [7, 11) is 0. The van der Waals surface area contributed by atoms with Crippen molar-refractivity contribution in [1.29, 1.82) is 0 Å². The van der Waals surface area contributed by atoms with Crippen molar-refractivity contribution in [1.82, 2.24) is 4.57 Å². The summed E-state index contributed by atoms with van der Waals surface area (Å²) < 4.78 is 134. The summed E-state index contributed by atoms with van der Waals surface area (Å²) in [6.07, 6.45) is 0.0495. The number of alkyl halides is 9. The van der Waals surface area contributed by atoms with E-state index in [1.54, 1.807) is 12.1 Å². The van der Waals surface area contributed by atoms with Crippen molar-refractivity contribution in [3.05, 3.63) is 52.8 Å². The van der Waals surface area contributed by atoms with Crippen LogP contribution in [0.5, 0.6) is 0 Å². The summed E-state index contributed by atoms with van der Waals surface area (Å²) in [6.45, 7) is 5.18. The Morgan fingerprint density at radius 3 is 1.83 bits per heavy atom. The maximum absolute atomic E-state index is 14.3. The van der Waals surface area contributed by atoms with Gasteiger partial charge < -0.3 is 0 Å². The third-order valence-corrected chi connectivity index (χ3v) is 7.38. The van der Waals surface area contributed by atoms with Crippen LogP contribution in [0.3, 0.4) is 0 Å². The second-order valence-electron chi connectivity index (χ2n) is 10.6. The van der Waals surface area contributed by atoms with Crippen LogP contribution < -0.4 is 4.57 Å². The van der Waals surface area contributed by atoms with Gasteiger partial charge in [-0.2, -0.15) is 39.5 Å². The van der Waals surface area contributed by atoms with Crippen LogP contribution in [0, 0.1) is 5.82 Å². The number of rotatable bonds is 17. The number of hydrogen-bond acceptors (Lipinski definition) is 0. The van der Waals surface area contributed by atoms with Crippen molar-refractivity contribution in [2.24, 2.45) is 0 Å². The molecule has 234 valence electrons. The van der Waals surface area contributed by atoms with Gasteiger partial charge in [-0.3, -0.25) is 0 Å². The van der Waals surface area contributed by atoms with E-state index in [0.29, 0.717) is 30.0 Å². The highest BCUT2D eigenvalue weighted by atomic mass is 35.5. The largest absolute Gasteiger partial charge is 0.460 e. The van der Waals surface area contributed by atoms with E-state index in [9.17, 15) is 43.9 Å². The minimum absolute atomic E-state index is 0.0208. The third kappa shape index (κ3) is 8.76. The fraction of sp³-hybridized carbons (Fsp3) is 0.679. The lowest BCUT2D eigenvalue weighted by Crippen LogP contribution is -2.60. The fourth-order valence-corrected chi connectivity index (χ4v) is 4.97. The van der Waals surface area contributed by atoms with Crippen molar-refractivity contribution >= 4 is 11.6 Å². The van der Waals surface area contributed by atoms with Gasteiger partial charge in [-0.05, 0) is 31.4 Å². The van der Waals surface area contributed by atoms with E-state index in [1.165, 1.54) is 6.07 Å². The molecular formula is C28H36ClF10N2+. The molecule has 0 aliphatic heterocycles. The molecule has 0 spiro atoms. The number of halogens is 11. The van der Waals surface area contributed by atoms with Crippen molar-refractivity contribution in [2.75, 3.05) is 0 Å². The molecule has 0 amide bonds. The van der Waals surface area contributed by atoms with Gasteiger partial charge in [0, 0.05) is 12.0 Å². The molecule has 2 rings (SSSR count). The quantitative estimate of drug-likeness (QED) is 0.0940. The van der Waals surface area contributed by atoms with Gasteiger partial charge in [-0.15, -0.1) is 0 Å². The first kappa shape index (κ1) is 35.2. The normalized spacial score (nSPS) is 13.4. The van der Waals surface area contributed by atoms with Crippen LogP contribution in [-0.4, -0.2) is 28.5 Å². The van der Waals surface area contributed by atoms with Gasteiger partial charge in [0.05, 0.1) is 17.5 Å². The molecule has 0 fully saturated rings. The van der Waals surface area contributed by atoms with Crippen LogP contribution in [0.2, 0.25) is 5.02 Å². The molecule has 0 radical (unpaired) electrons. The standard InChI is InChI=1S/C28H36ClF10N2/c1-20(2)24-40(17-18-41(24)19-21-22(29)13-12-14-23(21)30)16-11-9-7-5-3-4-6-8-10-15-25(31,32)26(33,34)27(35,36)28(37,38)39/h12-14,17-18,20H,3-11,15-16,19H2,1-2H3/q+1. The first-order valence-electron chi connectivity index (χ1n) is 13.7. The molecule has 0 N–H and O–H groups in total. The highest BCUT2D eigenvalue weighted by Gasteiger charge is 2.81. The Kier molecular flexibility index (Phi) is 12.4. The molecule has 0 saturated carbocycles. The molecule has 0 unspecified atom stereocenters. The van der Waals surface area contributed by atoms with Gasteiger partial charge in [0.25, 0.3) is 5.82 Å². The summed E-state index contributed by atoms with van der Waals surface area (Å²) in [5.74, 6) is -18.0. The third-order valence-electron chi connectivity index (χ3n) is 7.02. The number of aromatic nitrogens is 2. The number of hydrogen-bond donors (Lipinski definition) is 0. The molecule has 0 atom stereocenters.